The van der Waals surface area contributed by atoms with Crippen molar-refractivity contribution >= 4 is 6.08 Å². The average molecular weight is 338 g/mol. The Morgan fingerprint density at radius 3 is 2.84 bits per heavy atom. The van der Waals surface area contributed by atoms with Crippen molar-refractivity contribution in [3.8, 4) is 12.3 Å². The lowest BCUT2D eigenvalue weighted by atomic mass is 9.47. The summed E-state index contributed by atoms with van der Waals surface area (Å²) in [6, 6.07) is 0. The largest absolute Gasteiger partial charge is 0.357 e. The minimum absolute atomic E-state index is 0. The van der Waals surface area contributed by atoms with Crippen LogP contribution in [0.25, 0.3) is 6.08 Å². The van der Waals surface area contributed by atoms with E-state index in [0.29, 0.717) is 16.7 Å². The van der Waals surface area contributed by atoms with E-state index in [1.54, 1.807) is 5.57 Å². The summed E-state index contributed by atoms with van der Waals surface area (Å²) in [6.45, 7) is 5.01. The van der Waals surface area contributed by atoms with Crippen LogP contribution in [0.3, 0.4) is 0 Å². The first-order valence-electron chi connectivity index (χ1n) is 9.67. The minimum atomic E-state index is 0. The summed E-state index contributed by atoms with van der Waals surface area (Å²) >= 11 is 0. The van der Waals surface area contributed by atoms with E-state index in [-0.39, 0.29) is 7.43 Å². The van der Waals surface area contributed by atoms with Crippen LogP contribution in [-0.4, -0.2) is 5.16 Å². The molecule has 1 aromatic heterocycles. The Labute approximate surface area is 152 Å². The van der Waals surface area contributed by atoms with Crippen LogP contribution >= 0.6 is 0 Å². The van der Waals surface area contributed by atoms with Crippen molar-refractivity contribution < 1.29 is 4.52 Å². The highest BCUT2D eigenvalue weighted by atomic mass is 16.5. The molecule has 2 heteroatoms. The van der Waals surface area contributed by atoms with Crippen molar-refractivity contribution in [1.82, 2.24) is 5.16 Å². The molecule has 2 nitrogen and oxygen atoms in total. The lowest BCUT2D eigenvalue weighted by molar-refractivity contribution is -0.0391. The van der Waals surface area contributed by atoms with Crippen molar-refractivity contribution in [3.63, 3.8) is 0 Å². The number of nitrogens with zero attached hydrogens (tertiary/aromatic N) is 1. The number of aromatic nitrogens is 1. The monoisotopic (exact) mass is 337 g/mol. The molecule has 0 aliphatic heterocycles. The summed E-state index contributed by atoms with van der Waals surface area (Å²) in [4.78, 5) is 0. The molecule has 0 saturated heterocycles. The summed E-state index contributed by atoms with van der Waals surface area (Å²) in [5.74, 6) is 7.14. The van der Waals surface area contributed by atoms with E-state index < -0.39 is 0 Å². The van der Waals surface area contributed by atoms with Gasteiger partial charge in [0.25, 0.3) is 0 Å². The van der Waals surface area contributed by atoms with Crippen molar-refractivity contribution in [2.24, 2.45) is 34.5 Å². The summed E-state index contributed by atoms with van der Waals surface area (Å²) in [6.07, 6.45) is 19.1. The Morgan fingerprint density at radius 2 is 2.04 bits per heavy atom. The number of rotatable bonds is 0. The fraction of sp³-hybridized carbons (Fsp3) is 0.696. The highest BCUT2D eigenvalue weighted by Crippen LogP contribution is 2.66. The standard InChI is InChI=1S/C22H27NO.CH4/c1-4-15-6-8-18-17-7-5-16-11-20-14(13-23-24-20)12-22(16,3)19(17)9-10-21(15,18)2;/h1,11,13,15,17-19H,5-10,12H2,2-3H3;1H4. The number of hydrogen-bond donors (Lipinski definition) is 0. The third-order valence-corrected chi connectivity index (χ3v) is 8.48. The third-order valence-electron chi connectivity index (χ3n) is 8.48. The quantitative estimate of drug-likeness (QED) is 0.564. The van der Waals surface area contributed by atoms with Crippen molar-refractivity contribution in [2.75, 3.05) is 0 Å². The molecule has 5 rings (SSSR count). The summed E-state index contributed by atoms with van der Waals surface area (Å²) in [5.41, 5.74) is 3.62. The topological polar surface area (TPSA) is 26.0 Å². The molecular weight excluding hydrogens is 306 g/mol. The zero-order chi connectivity index (χ0) is 16.5. The van der Waals surface area contributed by atoms with Crippen LogP contribution in [0.2, 0.25) is 0 Å². The van der Waals surface area contributed by atoms with Crippen molar-refractivity contribution in [1.29, 1.82) is 0 Å². The molecule has 6 unspecified atom stereocenters. The van der Waals surface area contributed by atoms with Gasteiger partial charge in [0, 0.05) is 11.5 Å². The van der Waals surface area contributed by atoms with Gasteiger partial charge in [-0.2, -0.15) is 0 Å². The molecule has 0 amide bonds. The van der Waals surface area contributed by atoms with E-state index in [1.165, 1.54) is 44.1 Å². The number of hydrogen-bond acceptors (Lipinski definition) is 2. The number of terminal acetylenes is 1. The fourth-order valence-electron chi connectivity index (χ4n) is 7.16. The second-order valence-electron chi connectivity index (χ2n) is 9.24. The van der Waals surface area contributed by atoms with Gasteiger partial charge in [0.05, 0.1) is 6.20 Å². The first-order valence-corrected chi connectivity index (χ1v) is 9.67. The molecule has 134 valence electrons. The second-order valence-corrected chi connectivity index (χ2v) is 9.24. The fourth-order valence-corrected chi connectivity index (χ4v) is 7.16. The van der Waals surface area contributed by atoms with E-state index in [0.717, 1.165) is 29.9 Å². The molecule has 0 bridgehead atoms. The molecule has 0 radical (unpaired) electrons. The molecule has 25 heavy (non-hydrogen) atoms. The number of fused-ring (bicyclic) bond motifs is 6. The highest BCUT2D eigenvalue weighted by molar-refractivity contribution is 5.57. The average Bonchev–Trinajstić information content (AvgIpc) is 3.14. The zero-order valence-corrected chi connectivity index (χ0v) is 14.8. The van der Waals surface area contributed by atoms with Crippen LogP contribution in [0.5, 0.6) is 0 Å². The van der Waals surface area contributed by atoms with E-state index >= 15 is 0 Å². The Hall–Kier alpha value is -1.49. The molecule has 0 aromatic carbocycles. The van der Waals surface area contributed by atoms with Crippen LogP contribution in [0, 0.1) is 46.8 Å². The van der Waals surface area contributed by atoms with Gasteiger partial charge in [0.1, 0.15) is 0 Å². The van der Waals surface area contributed by atoms with E-state index in [2.05, 4.69) is 31.0 Å². The maximum Gasteiger partial charge on any atom is 0.162 e. The van der Waals surface area contributed by atoms with Gasteiger partial charge >= 0.3 is 0 Å². The molecule has 3 fully saturated rings. The highest BCUT2D eigenvalue weighted by Gasteiger charge is 2.58. The maximum absolute atomic E-state index is 5.89. The molecule has 6 atom stereocenters. The van der Waals surface area contributed by atoms with Gasteiger partial charge in [-0.05, 0) is 79.6 Å². The van der Waals surface area contributed by atoms with Gasteiger partial charge in [-0.3, -0.25) is 0 Å². The molecule has 0 N–H and O–H groups in total. The molecular formula is C23H31NO. The lowest BCUT2D eigenvalue weighted by Crippen LogP contribution is -2.50. The Balaban J connectivity index is 0.00000157. The van der Waals surface area contributed by atoms with Gasteiger partial charge in [-0.15, -0.1) is 12.3 Å². The maximum atomic E-state index is 5.89. The van der Waals surface area contributed by atoms with Gasteiger partial charge in [-0.1, -0.05) is 32.0 Å². The normalized spacial score (nSPS) is 44.3. The summed E-state index contributed by atoms with van der Waals surface area (Å²) < 4.78 is 5.45. The first-order chi connectivity index (χ1) is 11.6. The Kier molecular flexibility index (Phi) is 3.73. The van der Waals surface area contributed by atoms with Crippen LogP contribution in [-0.2, 0) is 6.42 Å². The minimum Gasteiger partial charge on any atom is -0.357 e. The van der Waals surface area contributed by atoms with Gasteiger partial charge in [0.2, 0.25) is 0 Å². The van der Waals surface area contributed by atoms with Crippen LogP contribution in [0.4, 0.5) is 0 Å². The molecule has 4 aliphatic carbocycles. The Morgan fingerprint density at radius 1 is 1.20 bits per heavy atom. The third kappa shape index (κ3) is 2.08. The predicted octanol–water partition coefficient (Wildman–Crippen LogP) is 5.74. The molecule has 3 saturated carbocycles. The molecule has 4 aliphatic rings. The molecule has 0 spiro atoms. The summed E-state index contributed by atoms with van der Waals surface area (Å²) in [5, 5.41) is 4.04. The van der Waals surface area contributed by atoms with Crippen LogP contribution < -0.4 is 0 Å². The lowest BCUT2D eigenvalue weighted by Gasteiger charge is -2.57. The van der Waals surface area contributed by atoms with Crippen LogP contribution in [0.1, 0.15) is 71.1 Å². The van der Waals surface area contributed by atoms with Crippen LogP contribution in [0.15, 0.2) is 16.3 Å². The van der Waals surface area contributed by atoms with E-state index in [1.807, 2.05) is 6.20 Å². The van der Waals surface area contributed by atoms with E-state index in [4.69, 9.17) is 10.9 Å². The van der Waals surface area contributed by atoms with E-state index in [9.17, 15) is 0 Å². The van der Waals surface area contributed by atoms with Gasteiger partial charge in [-0.25, -0.2) is 0 Å². The first kappa shape index (κ1) is 17.0. The van der Waals surface area contributed by atoms with Crippen molar-refractivity contribution in [2.45, 2.75) is 66.2 Å². The zero-order valence-electron chi connectivity index (χ0n) is 14.8. The van der Waals surface area contributed by atoms with Gasteiger partial charge in [0.15, 0.2) is 5.76 Å². The molecule has 1 heterocycles. The Bertz CT molecular complexity index is 752. The predicted molar refractivity (Wildman–Crippen MR) is 102 cm³/mol. The second kappa shape index (κ2) is 5.50. The van der Waals surface area contributed by atoms with Crippen molar-refractivity contribution in [3.05, 3.63) is 23.1 Å². The van der Waals surface area contributed by atoms with Gasteiger partial charge < -0.3 is 4.52 Å². The summed E-state index contributed by atoms with van der Waals surface area (Å²) in [7, 11) is 0. The SMILES string of the molecule is C.C#CC1CCC2C3CCC4=Cc5oncc5CC4(C)C3CCC12C. The molecule has 1 aromatic rings. The number of allylic oxidation sites excluding steroid dienone is 1. The smallest absolute Gasteiger partial charge is 0.162 e.